The molecule has 29 heavy (non-hydrogen) atoms. The topological polar surface area (TPSA) is 76.8 Å². The van der Waals surface area contributed by atoms with Crippen LogP contribution >= 0.6 is 0 Å². The van der Waals surface area contributed by atoms with E-state index in [0.29, 0.717) is 12.3 Å². The molecule has 0 spiro atoms. The summed E-state index contributed by atoms with van der Waals surface area (Å²) < 4.78 is 2.02. The van der Waals surface area contributed by atoms with Crippen molar-refractivity contribution >= 4 is 5.91 Å². The Hall–Kier alpha value is -3.09. The molecule has 7 nitrogen and oxygen atoms in total. The van der Waals surface area contributed by atoms with Crippen LogP contribution in [0.2, 0.25) is 0 Å². The van der Waals surface area contributed by atoms with Crippen molar-refractivity contribution in [2.24, 2.45) is 13.0 Å². The number of aryl methyl sites for hydroxylation is 1. The summed E-state index contributed by atoms with van der Waals surface area (Å²) >= 11 is 0. The molecule has 0 aromatic carbocycles. The van der Waals surface area contributed by atoms with Crippen LogP contribution in [-0.2, 0) is 24.7 Å². The first-order valence-corrected chi connectivity index (χ1v) is 10.1. The van der Waals surface area contributed by atoms with Gasteiger partial charge < -0.3 is 9.47 Å². The minimum Gasteiger partial charge on any atom is -0.342 e. The molecule has 0 aliphatic carbocycles. The van der Waals surface area contributed by atoms with Crippen LogP contribution in [-0.4, -0.2) is 48.4 Å². The van der Waals surface area contributed by atoms with E-state index >= 15 is 0 Å². The van der Waals surface area contributed by atoms with Crippen LogP contribution in [0.5, 0.6) is 0 Å². The van der Waals surface area contributed by atoms with E-state index in [9.17, 15) is 4.79 Å². The van der Waals surface area contributed by atoms with Gasteiger partial charge in [0.05, 0.1) is 30.2 Å². The summed E-state index contributed by atoms with van der Waals surface area (Å²) in [5.41, 5.74) is 3.73. The Morgan fingerprint density at radius 3 is 2.86 bits per heavy atom. The van der Waals surface area contributed by atoms with Crippen LogP contribution < -0.4 is 0 Å². The molecule has 1 saturated heterocycles. The highest BCUT2D eigenvalue weighted by Gasteiger charge is 2.24. The van der Waals surface area contributed by atoms with Crippen molar-refractivity contribution in [3.05, 3.63) is 60.2 Å². The van der Waals surface area contributed by atoms with E-state index in [0.717, 1.165) is 60.8 Å². The van der Waals surface area contributed by atoms with Crippen molar-refractivity contribution in [1.82, 2.24) is 29.4 Å². The van der Waals surface area contributed by atoms with Gasteiger partial charge in [-0.25, -0.2) is 9.97 Å². The number of piperidine rings is 1. The van der Waals surface area contributed by atoms with Crippen LogP contribution in [0.3, 0.4) is 0 Å². The van der Waals surface area contributed by atoms with Gasteiger partial charge in [-0.2, -0.15) is 0 Å². The Morgan fingerprint density at radius 2 is 2.10 bits per heavy atom. The average molecular weight is 390 g/mol. The highest BCUT2D eigenvalue weighted by Crippen LogP contribution is 2.22. The van der Waals surface area contributed by atoms with Gasteiger partial charge in [0.2, 0.25) is 5.91 Å². The van der Waals surface area contributed by atoms with Gasteiger partial charge in [-0.05, 0) is 43.7 Å². The number of rotatable bonds is 5. The second-order valence-electron chi connectivity index (χ2n) is 7.74. The van der Waals surface area contributed by atoms with Gasteiger partial charge in [-0.15, -0.1) is 0 Å². The fourth-order valence-electron chi connectivity index (χ4n) is 3.91. The molecule has 150 valence electrons. The lowest BCUT2D eigenvalue weighted by molar-refractivity contribution is -0.132. The molecular weight excluding hydrogens is 364 g/mol. The predicted molar refractivity (Wildman–Crippen MR) is 110 cm³/mol. The Morgan fingerprint density at radius 1 is 1.21 bits per heavy atom. The maximum absolute atomic E-state index is 12.7. The van der Waals surface area contributed by atoms with E-state index in [-0.39, 0.29) is 5.91 Å². The van der Waals surface area contributed by atoms with Gasteiger partial charge in [0.1, 0.15) is 11.5 Å². The van der Waals surface area contributed by atoms with Crippen molar-refractivity contribution in [1.29, 1.82) is 0 Å². The van der Waals surface area contributed by atoms with Gasteiger partial charge >= 0.3 is 0 Å². The molecule has 1 fully saturated rings. The SMILES string of the molecule is Cc1ncc(-c2cncc(C[C@H]3CCCN(C(=O)Cc4cccnc4)C3)n2)n1C. The van der Waals surface area contributed by atoms with Crippen molar-refractivity contribution in [2.75, 3.05) is 13.1 Å². The third-order valence-electron chi connectivity index (χ3n) is 5.61. The minimum absolute atomic E-state index is 0.174. The largest absolute Gasteiger partial charge is 0.342 e. The molecular formula is C22H26N6O. The van der Waals surface area contributed by atoms with E-state index in [2.05, 4.69) is 15.0 Å². The van der Waals surface area contributed by atoms with Gasteiger partial charge in [0.25, 0.3) is 0 Å². The van der Waals surface area contributed by atoms with Crippen molar-refractivity contribution < 1.29 is 4.79 Å². The zero-order valence-electron chi connectivity index (χ0n) is 17.0. The molecule has 1 amide bonds. The van der Waals surface area contributed by atoms with Crippen molar-refractivity contribution in [3.8, 4) is 11.4 Å². The van der Waals surface area contributed by atoms with Gasteiger partial charge in [-0.3, -0.25) is 14.8 Å². The highest BCUT2D eigenvalue weighted by atomic mass is 16.2. The number of carbonyl (C=O) groups excluding carboxylic acids is 1. The first-order chi connectivity index (χ1) is 14.1. The number of nitrogens with zero attached hydrogens (tertiary/aromatic N) is 6. The first kappa shape index (κ1) is 19.2. The van der Waals surface area contributed by atoms with Crippen LogP contribution in [0, 0.1) is 12.8 Å². The van der Waals surface area contributed by atoms with Crippen LogP contribution in [0.4, 0.5) is 0 Å². The van der Waals surface area contributed by atoms with Crippen molar-refractivity contribution in [2.45, 2.75) is 32.6 Å². The molecule has 3 aromatic heterocycles. The molecule has 0 saturated carbocycles. The molecule has 0 N–H and O–H groups in total. The van der Waals surface area contributed by atoms with Crippen LogP contribution in [0.1, 0.15) is 29.9 Å². The van der Waals surface area contributed by atoms with E-state index in [1.54, 1.807) is 18.6 Å². The molecule has 0 unspecified atom stereocenters. The summed E-state index contributed by atoms with van der Waals surface area (Å²) in [6, 6.07) is 3.82. The van der Waals surface area contributed by atoms with E-state index in [1.807, 2.05) is 48.0 Å². The lowest BCUT2D eigenvalue weighted by atomic mass is 9.93. The summed E-state index contributed by atoms with van der Waals surface area (Å²) in [6.07, 6.45) is 12.3. The lowest BCUT2D eigenvalue weighted by Crippen LogP contribution is -2.41. The standard InChI is InChI=1S/C22H26N6O/c1-16-25-14-21(27(16)2)20-13-24-12-19(26-20)9-18-6-4-8-28(15-18)22(29)10-17-5-3-7-23-11-17/h3,5,7,11-14,18H,4,6,8-10,15H2,1-2H3/t18-/m1/s1. The number of amides is 1. The molecule has 3 aromatic rings. The molecule has 4 heterocycles. The fraction of sp³-hybridized carbons (Fsp3) is 0.409. The number of hydrogen-bond acceptors (Lipinski definition) is 5. The second-order valence-corrected chi connectivity index (χ2v) is 7.74. The monoisotopic (exact) mass is 390 g/mol. The lowest BCUT2D eigenvalue weighted by Gasteiger charge is -2.32. The Balaban J connectivity index is 1.41. The minimum atomic E-state index is 0.174. The molecule has 1 aliphatic heterocycles. The zero-order valence-corrected chi connectivity index (χ0v) is 17.0. The Kier molecular flexibility index (Phi) is 5.64. The normalized spacial score (nSPS) is 16.8. The summed E-state index contributed by atoms with van der Waals surface area (Å²) in [5.74, 6) is 1.52. The number of likely N-dealkylation sites (tertiary alicyclic amines) is 1. The molecule has 1 atom stereocenters. The predicted octanol–water partition coefficient (Wildman–Crippen LogP) is 2.60. The summed E-state index contributed by atoms with van der Waals surface area (Å²) in [5, 5.41) is 0. The van der Waals surface area contributed by atoms with Gasteiger partial charge in [0.15, 0.2) is 0 Å². The molecule has 1 aliphatic rings. The first-order valence-electron chi connectivity index (χ1n) is 10.1. The average Bonchev–Trinajstić information content (AvgIpc) is 3.08. The molecule has 7 heteroatoms. The summed E-state index contributed by atoms with van der Waals surface area (Å²) in [4.78, 5) is 32.4. The van der Waals surface area contributed by atoms with Gasteiger partial charge in [-0.1, -0.05) is 6.07 Å². The Labute approximate surface area is 170 Å². The number of imidazole rings is 1. The molecule has 0 radical (unpaired) electrons. The van der Waals surface area contributed by atoms with Crippen molar-refractivity contribution in [3.63, 3.8) is 0 Å². The Bertz CT molecular complexity index is 984. The number of carbonyl (C=O) groups is 1. The molecule has 4 rings (SSSR count). The number of aromatic nitrogens is 5. The zero-order chi connectivity index (χ0) is 20.2. The maximum Gasteiger partial charge on any atom is 0.227 e. The third-order valence-corrected chi connectivity index (χ3v) is 5.61. The smallest absolute Gasteiger partial charge is 0.227 e. The van der Waals surface area contributed by atoms with E-state index in [4.69, 9.17) is 4.98 Å². The maximum atomic E-state index is 12.7. The van der Waals surface area contributed by atoms with Crippen LogP contribution in [0.15, 0.2) is 43.1 Å². The molecule has 0 bridgehead atoms. The van der Waals surface area contributed by atoms with Gasteiger partial charge in [0, 0.05) is 38.7 Å². The van der Waals surface area contributed by atoms with E-state index in [1.165, 1.54) is 0 Å². The summed E-state index contributed by atoms with van der Waals surface area (Å²) in [6.45, 7) is 3.57. The third kappa shape index (κ3) is 4.50. The number of hydrogen-bond donors (Lipinski definition) is 0. The number of pyridine rings is 1. The highest BCUT2D eigenvalue weighted by molar-refractivity contribution is 5.78. The van der Waals surface area contributed by atoms with Crippen LogP contribution in [0.25, 0.3) is 11.4 Å². The van der Waals surface area contributed by atoms with E-state index < -0.39 is 0 Å². The summed E-state index contributed by atoms with van der Waals surface area (Å²) in [7, 11) is 1.99. The quantitative estimate of drug-likeness (QED) is 0.669. The fourth-order valence-corrected chi connectivity index (χ4v) is 3.91. The second kappa shape index (κ2) is 8.51.